The van der Waals surface area contributed by atoms with Crippen LogP contribution in [-0.4, -0.2) is 28.6 Å². The van der Waals surface area contributed by atoms with Crippen LogP contribution in [-0.2, 0) is 13.9 Å². The van der Waals surface area contributed by atoms with Gasteiger partial charge in [-0.15, -0.1) is 0 Å². The second kappa shape index (κ2) is 8.03. The predicted molar refractivity (Wildman–Crippen MR) is 86.8 cm³/mol. The smallest absolute Gasteiger partial charge is 0.343 e. The monoisotopic (exact) mass is 418 g/mol. The lowest BCUT2D eigenvalue weighted by molar-refractivity contribution is -0.131. The summed E-state index contributed by atoms with van der Waals surface area (Å²) in [4.78, 5) is 34.2. The second-order valence-corrected chi connectivity index (χ2v) is 5.07. The van der Waals surface area contributed by atoms with Crippen molar-refractivity contribution in [3.05, 3.63) is 41.6 Å². The highest BCUT2D eigenvalue weighted by Gasteiger charge is 2.19. The molecule has 0 aliphatic heterocycles. The molecular weight excluding hydrogens is 409 g/mol. The molecule has 0 spiro atoms. The number of nitrogens with one attached hydrogen (secondary N) is 1. The fourth-order valence-electron chi connectivity index (χ4n) is 1.24. The highest BCUT2D eigenvalue weighted by Crippen LogP contribution is 2.13. The number of amides is 2. The lowest BCUT2D eigenvalue weighted by Crippen LogP contribution is -2.25. The molecule has 0 saturated carbocycles. The van der Waals surface area contributed by atoms with Crippen molar-refractivity contribution in [2.75, 3.05) is 5.32 Å². The van der Waals surface area contributed by atoms with Gasteiger partial charge in [0.1, 0.15) is 23.1 Å². The molecule has 0 aliphatic rings. The minimum Gasteiger partial charge on any atom is -0.343 e. The minimum absolute atomic E-state index is 0.557. The van der Waals surface area contributed by atoms with Crippen molar-refractivity contribution in [3.63, 3.8) is 0 Å². The average Bonchev–Trinajstić information content (AvgIpc) is 2.45. The lowest BCUT2D eigenvalue weighted by Gasteiger charge is -2.12. The Morgan fingerprint density at radius 2 is 1.90 bits per heavy atom. The molecule has 1 aromatic carbocycles. The molecule has 0 heterocycles. The summed E-state index contributed by atoms with van der Waals surface area (Å²) in [5, 5.41) is 2.57. The van der Waals surface area contributed by atoms with Crippen LogP contribution in [0.1, 0.15) is 5.56 Å². The van der Waals surface area contributed by atoms with E-state index in [4.69, 9.17) is 19.7 Å². The van der Waals surface area contributed by atoms with Gasteiger partial charge in [0, 0.05) is 11.9 Å². The van der Waals surface area contributed by atoms with Gasteiger partial charge in [0.15, 0.2) is 7.85 Å². The zero-order valence-electron chi connectivity index (χ0n) is 10.8. The molecule has 0 aromatic heterocycles. The van der Waals surface area contributed by atoms with E-state index in [9.17, 15) is 14.4 Å². The SMILES string of the molecule is [B]C(=O)/C(=C/N(I)C(=O)Nc1ccc(C)cc1)C(=O)OCl. The van der Waals surface area contributed by atoms with Gasteiger partial charge in [0.05, 0.1) is 22.9 Å². The van der Waals surface area contributed by atoms with Crippen LogP contribution in [0.15, 0.2) is 36.0 Å². The first-order valence-electron chi connectivity index (χ1n) is 5.52. The Morgan fingerprint density at radius 1 is 1.33 bits per heavy atom. The lowest BCUT2D eigenvalue weighted by atomic mass is 9.95. The molecule has 1 rings (SSSR count). The van der Waals surface area contributed by atoms with E-state index in [0.717, 1.165) is 14.9 Å². The Labute approximate surface area is 141 Å². The molecule has 0 bridgehead atoms. The summed E-state index contributed by atoms with van der Waals surface area (Å²) in [5.41, 5.74) is -0.0229. The summed E-state index contributed by atoms with van der Waals surface area (Å²) < 4.78 is 4.84. The number of anilines is 1. The van der Waals surface area contributed by atoms with Gasteiger partial charge in [-0.25, -0.2) is 12.7 Å². The van der Waals surface area contributed by atoms with Crippen molar-refractivity contribution in [1.29, 1.82) is 0 Å². The van der Waals surface area contributed by atoms with Crippen molar-refractivity contribution in [3.8, 4) is 0 Å². The predicted octanol–water partition coefficient (Wildman–Crippen LogP) is 2.45. The number of carbonyl (C=O) groups is 3. The van der Waals surface area contributed by atoms with Crippen LogP contribution in [0.5, 0.6) is 0 Å². The Bertz CT molecular complexity index is 591. The second-order valence-electron chi connectivity index (χ2n) is 3.88. The summed E-state index contributed by atoms with van der Waals surface area (Å²) in [6.45, 7) is 1.91. The maximum Gasteiger partial charge on any atom is 0.360 e. The van der Waals surface area contributed by atoms with Crippen LogP contribution in [0.3, 0.4) is 0 Å². The first kappa shape index (κ1) is 17.5. The third-order valence-electron chi connectivity index (χ3n) is 2.29. The molecule has 2 radical (unpaired) electrons. The molecule has 2 amide bonds. The number of halogens is 2. The molecule has 108 valence electrons. The number of benzene rings is 1. The fourth-order valence-corrected chi connectivity index (χ4v) is 1.73. The molecule has 9 heteroatoms. The van der Waals surface area contributed by atoms with Crippen molar-refractivity contribution in [2.45, 2.75) is 6.92 Å². The first-order valence-corrected chi connectivity index (χ1v) is 6.79. The first-order chi connectivity index (χ1) is 9.85. The number of nitrogens with zero attached hydrogens (tertiary/aromatic N) is 1. The molecule has 6 nitrogen and oxygen atoms in total. The Hall–Kier alpha value is -1.55. The van der Waals surface area contributed by atoms with E-state index in [1.165, 1.54) is 0 Å². The molecule has 0 aliphatic carbocycles. The Kier molecular flexibility index (Phi) is 6.70. The Balaban J connectivity index is 2.83. The van der Waals surface area contributed by atoms with Gasteiger partial charge in [-0.05, 0) is 19.1 Å². The molecule has 21 heavy (non-hydrogen) atoms. The zero-order valence-corrected chi connectivity index (χ0v) is 13.7. The quantitative estimate of drug-likeness (QED) is 0.204. The highest BCUT2D eigenvalue weighted by atomic mass is 127. The minimum atomic E-state index is -1.14. The normalized spacial score (nSPS) is 10.7. The summed E-state index contributed by atoms with van der Waals surface area (Å²) in [6.07, 6.45) is 0.928. The Morgan fingerprint density at radius 3 is 2.38 bits per heavy atom. The molecule has 0 fully saturated rings. The van der Waals surface area contributed by atoms with E-state index in [0.29, 0.717) is 5.69 Å². The van der Waals surface area contributed by atoms with Gasteiger partial charge in [0.2, 0.25) is 0 Å². The van der Waals surface area contributed by atoms with E-state index in [2.05, 4.69) is 9.61 Å². The van der Waals surface area contributed by atoms with Crippen LogP contribution in [0.25, 0.3) is 0 Å². The highest BCUT2D eigenvalue weighted by molar-refractivity contribution is 14.1. The topological polar surface area (TPSA) is 75.7 Å². The van der Waals surface area contributed by atoms with Crippen LogP contribution in [0.4, 0.5) is 10.5 Å². The largest absolute Gasteiger partial charge is 0.360 e. The standard InChI is InChI=1S/C12H9BClIN2O4/c1-7-2-4-8(5-3-7)16-12(20)17(15)6-9(10(13)18)11(19)21-14/h2-6H,1H3,(H,16,20)/b9-6-. The maximum absolute atomic E-state index is 11.9. The summed E-state index contributed by atoms with van der Waals surface area (Å²) >= 11 is 6.46. The van der Waals surface area contributed by atoms with E-state index in [1.807, 2.05) is 19.1 Å². The number of hydrogen-bond donors (Lipinski definition) is 1. The van der Waals surface area contributed by atoms with E-state index >= 15 is 0 Å². The summed E-state index contributed by atoms with van der Waals surface area (Å²) in [7, 11) is 5.00. The van der Waals surface area contributed by atoms with Gasteiger partial charge in [-0.2, -0.15) is 0 Å². The van der Waals surface area contributed by atoms with Gasteiger partial charge >= 0.3 is 12.0 Å². The molecule has 0 saturated heterocycles. The number of hydrogen-bond acceptors (Lipinski definition) is 4. The molecule has 1 N–H and O–H groups in total. The van der Waals surface area contributed by atoms with Crippen LogP contribution in [0.2, 0.25) is 0 Å². The van der Waals surface area contributed by atoms with Crippen LogP contribution >= 0.6 is 34.7 Å². The van der Waals surface area contributed by atoms with Gasteiger partial charge < -0.3 is 14.4 Å². The molecule has 0 unspecified atom stereocenters. The third-order valence-corrected chi connectivity index (χ3v) is 3.15. The van der Waals surface area contributed by atoms with Crippen LogP contribution < -0.4 is 5.32 Å². The van der Waals surface area contributed by atoms with Gasteiger partial charge in [-0.3, -0.25) is 0 Å². The fraction of sp³-hybridized carbons (Fsp3) is 0.0833. The third kappa shape index (κ3) is 5.39. The number of rotatable bonds is 4. The van der Waals surface area contributed by atoms with Crippen molar-refractivity contribution < 1.29 is 18.7 Å². The summed E-state index contributed by atoms with van der Waals surface area (Å²) in [5.74, 6) is -1.14. The van der Waals surface area contributed by atoms with Gasteiger partial charge in [-0.1, -0.05) is 17.7 Å². The number of urea groups is 1. The molecule has 0 atom stereocenters. The van der Waals surface area contributed by atoms with Gasteiger partial charge in [0.25, 0.3) is 0 Å². The van der Waals surface area contributed by atoms with Crippen molar-refractivity contribution in [1.82, 2.24) is 3.11 Å². The maximum atomic E-state index is 11.9. The van der Waals surface area contributed by atoms with E-state index in [-0.39, 0.29) is 0 Å². The summed E-state index contributed by atoms with van der Waals surface area (Å²) in [6, 6.07) is 6.48. The van der Waals surface area contributed by atoms with Crippen molar-refractivity contribution >= 4 is 65.9 Å². The molecular formula is C12H9BClIN2O4. The number of carbonyl (C=O) groups excluding carboxylic acids is 3. The van der Waals surface area contributed by atoms with Crippen molar-refractivity contribution in [2.24, 2.45) is 0 Å². The average molecular weight is 418 g/mol. The number of aryl methyl sites for hydroxylation is 1. The van der Waals surface area contributed by atoms with E-state index in [1.54, 1.807) is 35.0 Å². The van der Waals surface area contributed by atoms with Crippen LogP contribution in [0, 0.1) is 6.92 Å². The van der Waals surface area contributed by atoms with E-state index < -0.39 is 23.3 Å². The zero-order chi connectivity index (χ0) is 16.0. The molecule has 1 aromatic rings.